The van der Waals surface area contributed by atoms with Crippen molar-refractivity contribution in [1.82, 2.24) is 10.1 Å². The number of hydrogen-bond donors (Lipinski definition) is 0. The standard InChI is InChI=1S/C20H23ClN2O4/c1-14-18(19(22-27-14)15-9-5-6-10-16(15)21)20(25)26-13-17(24)23-11-7-3-2-4-8-12-23/h5-6,9-10H,2-4,7-8,11-13H2,1H3. The van der Waals surface area contributed by atoms with Crippen LogP contribution in [0.2, 0.25) is 5.02 Å². The lowest BCUT2D eigenvalue weighted by Crippen LogP contribution is -2.37. The molecule has 1 aliphatic heterocycles. The van der Waals surface area contributed by atoms with Gasteiger partial charge in [0.25, 0.3) is 5.91 Å². The number of halogens is 1. The summed E-state index contributed by atoms with van der Waals surface area (Å²) >= 11 is 6.21. The Kier molecular flexibility index (Phi) is 6.50. The summed E-state index contributed by atoms with van der Waals surface area (Å²) in [5.74, 6) is -0.476. The fourth-order valence-electron chi connectivity index (χ4n) is 3.24. The first kappa shape index (κ1) is 19.4. The van der Waals surface area contributed by atoms with Gasteiger partial charge in [-0.1, -0.05) is 54.2 Å². The number of carbonyl (C=O) groups excluding carboxylic acids is 2. The lowest BCUT2D eigenvalue weighted by atomic mass is 10.1. The molecule has 3 rings (SSSR count). The Hall–Kier alpha value is -2.34. The molecule has 0 radical (unpaired) electrons. The Bertz CT molecular complexity index is 810. The van der Waals surface area contributed by atoms with E-state index in [1.807, 2.05) is 0 Å². The van der Waals surface area contributed by atoms with Gasteiger partial charge in [0.05, 0.1) is 5.02 Å². The topological polar surface area (TPSA) is 72.6 Å². The highest BCUT2D eigenvalue weighted by Gasteiger charge is 2.25. The minimum atomic E-state index is -0.635. The van der Waals surface area contributed by atoms with E-state index in [0.717, 1.165) is 25.7 Å². The summed E-state index contributed by atoms with van der Waals surface area (Å²) in [5.41, 5.74) is 1.10. The number of esters is 1. The van der Waals surface area contributed by atoms with E-state index >= 15 is 0 Å². The molecule has 0 spiro atoms. The monoisotopic (exact) mass is 390 g/mol. The highest BCUT2D eigenvalue weighted by molar-refractivity contribution is 6.33. The molecule has 0 unspecified atom stereocenters. The average molecular weight is 391 g/mol. The molecule has 0 bridgehead atoms. The number of hydrogen-bond acceptors (Lipinski definition) is 5. The van der Waals surface area contributed by atoms with Gasteiger partial charge >= 0.3 is 5.97 Å². The van der Waals surface area contributed by atoms with Gasteiger partial charge in [-0.2, -0.15) is 0 Å². The SMILES string of the molecule is Cc1onc(-c2ccccc2Cl)c1C(=O)OCC(=O)N1CCCCCCC1. The lowest BCUT2D eigenvalue weighted by Gasteiger charge is -2.24. The molecular weight excluding hydrogens is 368 g/mol. The van der Waals surface area contributed by atoms with E-state index in [4.69, 9.17) is 20.9 Å². The number of benzene rings is 1. The smallest absolute Gasteiger partial charge is 0.344 e. The van der Waals surface area contributed by atoms with E-state index in [-0.39, 0.29) is 18.1 Å². The molecule has 6 nitrogen and oxygen atoms in total. The summed E-state index contributed by atoms with van der Waals surface area (Å²) in [6, 6.07) is 7.05. The summed E-state index contributed by atoms with van der Waals surface area (Å²) in [4.78, 5) is 26.8. The number of carbonyl (C=O) groups is 2. The first-order chi connectivity index (χ1) is 13.1. The molecular formula is C20H23ClN2O4. The average Bonchev–Trinajstić information content (AvgIpc) is 3.01. The van der Waals surface area contributed by atoms with E-state index in [0.29, 0.717) is 35.1 Å². The molecule has 27 heavy (non-hydrogen) atoms. The van der Waals surface area contributed by atoms with Crippen molar-refractivity contribution in [2.75, 3.05) is 19.7 Å². The van der Waals surface area contributed by atoms with Crippen LogP contribution in [-0.4, -0.2) is 41.6 Å². The molecule has 0 saturated carbocycles. The van der Waals surface area contributed by atoms with Crippen molar-refractivity contribution in [2.24, 2.45) is 0 Å². The van der Waals surface area contributed by atoms with Crippen LogP contribution in [-0.2, 0) is 9.53 Å². The van der Waals surface area contributed by atoms with Gasteiger partial charge in [-0.05, 0) is 25.8 Å². The maximum atomic E-state index is 12.6. The van der Waals surface area contributed by atoms with Crippen LogP contribution in [0.15, 0.2) is 28.8 Å². The largest absolute Gasteiger partial charge is 0.452 e. The summed E-state index contributed by atoms with van der Waals surface area (Å²) in [6.07, 6.45) is 5.45. The zero-order valence-corrected chi connectivity index (χ0v) is 16.1. The van der Waals surface area contributed by atoms with Gasteiger partial charge in [0.1, 0.15) is 17.0 Å². The fourth-order valence-corrected chi connectivity index (χ4v) is 3.46. The second kappa shape index (κ2) is 9.04. The predicted octanol–water partition coefficient (Wildman–Crippen LogP) is 4.25. The Morgan fingerprint density at radius 3 is 2.52 bits per heavy atom. The van der Waals surface area contributed by atoms with E-state index in [1.165, 1.54) is 6.42 Å². The van der Waals surface area contributed by atoms with Crippen LogP contribution in [0, 0.1) is 6.92 Å². The third kappa shape index (κ3) is 4.69. The van der Waals surface area contributed by atoms with Gasteiger partial charge in [0.2, 0.25) is 0 Å². The molecule has 1 saturated heterocycles. The Balaban J connectivity index is 1.69. The summed E-state index contributed by atoms with van der Waals surface area (Å²) in [5, 5.41) is 4.41. The third-order valence-electron chi connectivity index (χ3n) is 4.73. The molecule has 1 fully saturated rings. The maximum absolute atomic E-state index is 12.6. The minimum absolute atomic E-state index is 0.168. The van der Waals surface area contributed by atoms with Gasteiger partial charge in [-0.3, -0.25) is 4.79 Å². The van der Waals surface area contributed by atoms with Crippen molar-refractivity contribution < 1.29 is 18.8 Å². The van der Waals surface area contributed by atoms with Crippen molar-refractivity contribution in [3.63, 3.8) is 0 Å². The Morgan fingerprint density at radius 1 is 1.15 bits per heavy atom. The van der Waals surface area contributed by atoms with Gasteiger partial charge in [0.15, 0.2) is 6.61 Å². The molecule has 0 aliphatic carbocycles. The summed E-state index contributed by atoms with van der Waals surface area (Å²) in [7, 11) is 0. The van der Waals surface area contributed by atoms with Crippen LogP contribution >= 0.6 is 11.6 Å². The predicted molar refractivity (Wildman–Crippen MR) is 102 cm³/mol. The highest BCUT2D eigenvalue weighted by Crippen LogP contribution is 2.31. The third-order valence-corrected chi connectivity index (χ3v) is 5.06. The van der Waals surface area contributed by atoms with Crippen molar-refractivity contribution in [2.45, 2.75) is 39.0 Å². The molecule has 7 heteroatoms. The molecule has 1 aliphatic rings. The zero-order valence-electron chi connectivity index (χ0n) is 15.4. The summed E-state index contributed by atoms with van der Waals surface area (Å²) < 4.78 is 10.5. The van der Waals surface area contributed by atoms with Crippen LogP contribution in [0.4, 0.5) is 0 Å². The first-order valence-corrected chi connectivity index (χ1v) is 9.62. The number of rotatable bonds is 4. The van der Waals surface area contributed by atoms with E-state index < -0.39 is 5.97 Å². The van der Waals surface area contributed by atoms with Crippen molar-refractivity contribution >= 4 is 23.5 Å². The lowest BCUT2D eigenvalue weighted by molar-refractivity contribution is -0.134. The maximum Gasteiger partial charge on any atom is 0.344 e. The van der Waals surface area contributed by atoms with Crippen molar-refractivity contribution in [3.05, 3.63) is 40.6 Å². The van der Waals surface area contributed by atoms with Crippen LogP contribution in [0.25, 0.3) is 11.3 Å². The fraction of sp³-hybridized carbons (Fsp3) is 0.450. The number of nitrogens with zero attached hydrogens (tertiary/aromatic N) is 2. The molecule has 0 atom stereocenters. The summed E-state index contributed by atoms with van der Waals surface area (Å²) in [6.45, 7) is 2.77. The van der Waals surface area contributed by atoms with Crippen molar-refractivity contribution in [1.29, 1.82) is 0 Å². The van der Waals surface area contributed by atoms with Crippen LogP contribution in [0.5, 0.6) is 0 Å². The molecule has 2 aromatic rings. The van der Waals surface area contributed by atoms with E-state index in [9.17, 15) is 9.59 Å². The second-order valence-corrected chi connectivity index (χ2v) is 7.07. The van der Waals surface area contributed by atoms with Crippen LogP contribution < -0.4 is 0 Å². The van der Waals surface area contributed by atoms with Crippen molar-refractivity contribution in [3.8, 4) is 11.3 Å². The number of aryl methyl sites for hydroxylation is 1. The van der Waals surface area contributed by atoms with E-state index in [2.05, 4.69) is 5.16 Å². The number of aromatic nitrogens is 1. The second-order valence-electron chi connectivity index (χ2n) is 6.67. The van der Waals surface area contributed by atoms with Gasteiger partial charge in [0, 0.05) is 18.7 Å². The molecule has 1 amide bonds. The normalized spacial score (nSPS) is 15.1. The quantitative estimate of drug-likeness (QED) is 0.729. The van der Waals surface area contributed by atoms with Gasteiger partial charge in [-0.15, -0.1) is 0 Å². The number of likely N-dealkylation sites (tertiary alicyclic amines) is 1. The molecule has 1 aromatic heterocycles. The minimum Gasteiger partial charge on any atom is -0.452 e. The van der Waals surface area contributed by atoms with Gasteiger partial charge in [-0.25, -0.2) is 4.79 Å². The highest BCUT2D eigenvalue weighted by atomic mass is 35.5. The Morgan fingerprint density at radius 2 is 1.81 bits per heavy atom. The molecule has 1 aromatic carbocycles. The molecule has 2 heterocycles. The molecule has 0 N–H and O–H groups in total. The van der Waals surface area contributed by atoms with E-state index in [1.54, 1.807) is 36.1 Å². The first-order valence-electron chi connectivity index (χ1n) is 9.24. The van der Waals surface area contributed by atoms with Crippen LogP contribution in [0.1, 0.15) is 48.2 Å². The number of ether oxygens (including phenoxy) is 1. The van der Waals surface area contributed by atoms with Crippen LogP contribution in [0.3, 0.4) is 0 Å². The van der Waals surface area contributed by atoms with Gasteiger partial charge < -0.3 is 14.2 Å². The molecule has 144 valence electrons. The zero-order chi connectivity index (χ0) is 19.2. The Labute approximate surface area is 163 Å². The number of amides is 1.